The van der Waals surface area contributed by atoms with Crippen molar-refractivity contribution in [1.82, 2.24) is 0 Å². The van der Waals surface area contributed by atoms with Crippen LogP contribution < -0.4 is 15.1 Å². The third-order valence-electron chi connectivity index (χ3n) is 3.24. The first-order valence-corrected chi connectivity index (χ1v) is 6.02. The maximum atomic E-state index is 4.14. The molecule has 0 atom stereocenters. The minimum Gasteiger partial charge on any atom is -0.195 e. The Hall–Kier alpha value is -2.15. The molecule has 0 aliphatic heterocycles. The lowest BCUT2D eigenvalue weighted by Gasteiger charge is -2.04. The summed E-state index contributed by atoms with van der Waals surface area (Å²) in [5.41, 5.74) is 3.70. The van der Waals surface area contributed by atoms with Gasteiger partial charge in [-0.25, -0.2) is 0 Å². The predicted octanol–water partition coefficient (Wildman–Crippen LogP) is 1.86. The van der Waals surface area contributed by atoms with Crippen molar-refractivity contribution in [3.05, 3.63) is 65.2 Å². The topological polar surface area (TPSA) is 3.88 Å². The molecule has 0 amide bonds. The zero-order valence-corrected chi connectivity index (χ0v) is 11.0. The van der Waals surface area contributed by atoms with Gasteiger partial charge in [0.25, 0.3) is 0 Å². The number of hydrogen-bond donors (Lipinski definition) is 0. The van der Waals surface area contributed by atoms with E-state index in [4.69, 9.17) is 0 Å². The molecule has 0 fully saturated rings. The van der Waals surface area contributed by atoms with Crippen LogP contribution in [-0.4, -0.2) is 0 Å². The Labute approximate surface area is 108 Å². The first-order chi connectivity index (χ1) is 8.65. The van der Waals surface area contributed by atoms with Crippen molar-refractivity contribution in [2.45, 2.75) is 6.92 Å². The van der Waals surface area contributed by atoms with Gasteiger partial charge in [-0.05, 0) is 37.3 Å². The number of hydrogen-bond acceptors (Lipinski definition) is 0. The Morgan fingerprint density at radius 2 is 1.83 bits per heavy atom. The number of aromatic nitrogens is 1. The SMILES string of the molecule is C=CC=c1ccc(-c2ccccc2C)[n+](C)c1=C. The van der Waals surface area contributed by atoms with Gasteiger partial charge in [0.05, 0.1) is 0 Å². The third kappa shape index (κ3) is 2.12. The summed E-state index contributed by atoms with van der Waals surface area (Å²) in [7, 11) is 2.05. The second-order valence-corrected chi connectivity index (χ2v) is 4.40. The van der Waals surface area contributed by atoms with Crippen molar-refractivity contribution in [2.75, 3.05) is 0 Å². The van der Waals surface area contributed by atoms with Gasteiger partial charge in [0.15, 0.2) is 0 Å². The molecule has 0 radical (unpaired) electrons. The normalized spacial score (nSPS) is 11.6. The fourth-order valence-electron chi connectivity index (χ4n) is 2.13. The number of pyridine rings is 1. The van der Waals surface area contributed by atoms with Crippen molar-refractivity contribution in [3.63, 3.8) is 0 Å². The van der Waals surface area contributed by atoms with E-state index in [9.17, 15) is 0 Å². The first-order valence-electron chi connectivity index (χ1n) is 6.02. The Morgan fingerprint density at radius 3 is 2.50 bits per heavy atom. The molecule has 0 unspecified atom stereocenters. The van der Waals surface area contributed by atoms with Crippen LogP contribution in [0.2, 0.25) is 0 Å². The van der Waals surface area contributed by atoms with E-state index in [1.54, 1.807) is 6.08 Å². The summed E-state index contributed by atoms with van der Waals surface area (Å²) in [6, 6.07) is 12.6. The molecular formula is C17H18N+. The average Bonchev–Trinajstić information content (AvgIpc) is 2.37. The quantitative estimate of drug-likeness (QED) is 0.701. The molecule has 0 saturated carbocycles. The van der Waals surface area contributed by atoms with Crippen molar-refractivity contribution >= 4 is 12.7 Å². The molecule has 1 aromatic heterocycles. The van der Waals surface area contributed by atoms with Gasteiger partial charge in [-0.3, -0.25) is 0 Å². The van der Waals surface area contributed by atoms with E-state index in [2.05, 4.69) is 61.0 Å². The second kappa shape index (κ2) is 5.01. The third-order valence-corrected chi connectivity index (χ3v) is 3.24. The van der Waals surface area contributed by atoms with Gasteiger partial charge in [-0.15, -0.1) is 0 Å². The van der Waals surface area contributed by atoms with Crippen LogP contribution in [0.15, 0.2) is 49.1 Å². The Balaban J connectivity index is 2.73. The lowest BCUT2D eigenvalue weighted by Crippen LogP contribution is -2.54. The molecule has 1 nitrogen and oxygen atoms in total. The van der Waals surface area contributed by atoms with Crippen LogP contribution in [0.1, 0.15) is 5.56 Å². The maximum absolute atomic E-state index is 4.14. The fourth-order valence-corrected chi connectivity index (χ4v) is 2.13. The van der Waals surface area contributed by atoms with Crippen LogP contribution in [0.4, 0.5) is 0 Å². The average molecular weight is 236 g/mol. The number of benzene rings is 1. The molecule has 1 aromatic carbocycles. The number of allylic oxidation sites excluding steroid dienone is 1. The van der Waals surface area contributed by atoms with Gasteiger partial charge in [-0.1, -0.05) is 30.9 Å². The second-order valence-electron chi connectivity index (χ2n) is 4.40. The van der Waals surface area contributed by atoms with Gasteiger partial charge >= 0.3 is 0 Å². The maximum Gasteiger partial charge on any atom is 0.213 e. The van der Waals surface area contributed by atoms with Crippen molar-refractivity contribution < 1.29 is 4.57 Å². The molecule has 18 heavy (non-hydrogen) atoms. The minimum absolute atomic E-state index is 0.996. The summed E-state index contributed by atoms with van der Waals surface area (Å²) < 4.78 is 2.12. The van der Waals surface area contributed by atoms with Gasteiger partial charge in [0, 0.05) is 16.8 Å². The van der Waals surface area contributed by atoms with E-state index in [0.29, 0.717) is 0 Å². The van der Waals surface area contributed by atoms with Gasteiger partial charge < -0.3 is 0 Å². The van der Waals surface area contributed by atoms with E-state index in [1.807, 2.05) is 13.1 Å². The molecule has 2 aromatic rings. The molecule has 1 heterocycles. The van der Waals surface area contributed by atoms with E-state index < -0.39 is 0 Å². The Bertz CT molecular complexity index is 696. The highest BCUT2D eigenvalue weighted by Crippen LogP contribution is 2.17. The zero-order valence-electron chi connectivity index (χ0n) is 11.0. The number of nitrogens with zero attached hydrogens (tertiary/aromatic N) is 1. The molecule has 1 heteroatoms. The summed E-state index contributed by atoms with van der Waals surface area (Å²) in [4.78, 5) is 0. The molecule has 2 rings (SSSR count). The number of aryl methyl sites for hydroxylation is 1. The summed E-state index contributed by atoms with van der Waals surface area (Å²) in [6.45, 7) is 9.99. The largest absolute Gasteiger partial charge is 0.213 e. The molecule has 0 N–H and O–H groups in total. The minimum atomic E-state index is 0.996. The monoisotopic (exact) mass is 236 g/mol. The highest BCUT2D eigenvalue weighted by molar-refractivity contribution is 5.60. The smallest absolute Gasteiger partial charge is 0.195 e. The zero-order chi connectivity index (χ0) is 13.1. The molecule has 0 saturated heterocycles. The molecule has 0 bridgehead atoms. The fraction of sp³-hybridized carbons (Fsp3) is 0.118. The molecule has 90 valence electrons. The van der Waals surface area contributed by atoms with Crippen LogP contribution in [0, 0.1) is 6.92 Å². The van der Waals surface area contributed by atoms with Gasteiger partial charge in [-0.2, -0.15) is 4.57 Å². The summed E-state index contributed by atoms with van der Waals surface area (Å²) in [5, 5.41) is 2.10. The van der Waals surface area contributed by atoms with Crippen LogP contribution in [-0.2, 0) is 7.05 Å². The van der Waals surface area contributed by atoms with E-state index >= 15 is 0 Å². The first kappa shape index (κ1) is 12.3. The Kier molecular flexibility index (Phi) is 3.42. The van der Waals surface area contributed by atoms with E-state index in [1.165, 1.54) is 16.8 Å². The van der Waals surface area contributed by atoms with Crippen LogP contribution >= 0.6 is 0 Å². The van der Waals surface area contributed by atoms with E-state index in [-0.39, 0.29) is 0 Å². The lowest BCUT2D eigenvalue weighted by atomic mass is 10.0. The van der Waals surface area contributed by atoms with Gasteiger partial charge in [0.1, 0.15) is 7.05 Å². The highest BCUT2D eigenvalue weighted by Gasteiger charge is 2.12. The van der Waals surface area contributed by atoms with Gasteiger partial charge in [0.2, 0.25) is 11.0 Å². The summed E-state index contributed by atoms with van der Waals surface area (Å²) in [6.07, 6.45) is 3.77. The van der Waals surface area contributed by atoms with Crippen LogP contribution in [0.5, 0.6) is 0 Å². The number of rotatable bonds is 2. The Morgan fingerprint density at radius 1 is 1.11 bits per heavy atom. The van der Waals surface area contributed by atoms with Crippen molar-refractivity contribution in [2.24, 2.45) is 7.05 Å². The molecular weight excluding hydrogens is 218 g/mol. The standard InChI is InChI=1S/C17H18N/c1-5-8-15-11-12-17(18(4)14(15)3)16-10-7-6-9-13(16)2/h5-12H,1,3H2,2,4H3/q+1. The summed E-state index contributed by atoms with van der Waals surface area (Å²) >= 11 is 0. The molecule has 0 spiro atoms. The van der Waals surface area contributed by atoms with Crippen molar-refractivity contribution in [1.29, 1.82) is 0 Å². The highest BCUT2D eigenvalue weighted by atomic mass is 14.9. The molecule has 0 aliphatic carbocycles. The van der Waals surface area contributed by atoms with Crippen LogP contribution in [0.25, 0.3) is 23.9 Å². The molecule has 0 aliphatic rings. The van der Waals surface area contributed by atoms with Crippen molar-refractivity contribution in [3.8, 4) is 11.3 Å². The lowest BCUT2D eigenvalue weighted by molar-refractivity contribution is -0.674. The predicted molar refractivity (Wildman–Crippen MR) is 77.2 cm³/mol. The summed E-state index contributed by atoms with van der Waals surface area (Å²) in [5.74, 6) is 0. The van der Waals surface area contributed by atoms with E-state index in [0.717, 1.165) is 10.6 Å². The van der Waals surface area contributed by atoms with Crippen LogP contribution in [0.3, 0.4) is 0 Å².